The number of ether oxygens (including phenoxy) is 1. The van der Waals surface area contributed by atoms with Gasteiger partial charge in [-0.3, -0.25) is 0 Å². The van der Waals surface area contributed by atoms with Gasteiger partial charge < -0.3 is 15.4 Å². The molecule has 0 saturated carbocycles. The molecule has 0 fully saturated rings. The van der Waals surface area contributed by atoms with E-state index >= 15 is 0 Å². The van der Waals surface area contributed by atoms with Crippen molar-refractivity contribution in [2.24, 2.45) is 5.92 Å². The van der Waals surface area contributed by atoms with Crippen molar-refractivity contribution in [1.82, 2.24) is 5.32 Å². The van der Waals surface area contributed by atoms with E-state index in [1.54, 1.807) is 18.2 Å². The van der Waals surface area contributed by atoms with Crippen LogP contribution in [0, 0.1) is 12.8 Å². The number of carbonyl (C=O) groups is 1. The van der Waals surface area contributed by atoms with Crippen molar-refractivity contribution in [2.75, 3.05) is 12.4 Å². The molecule has 0 heterocycles. The van der Waals surface area contributed by atoms with E-state index in [9.17, 15) is 4.79 Å². The van der Waals surface area contributed by atoms with Crippen LogP contribution in [-0.4, -0.2) is 18.2 Å². The Kier molecular flexibility index (Phi) is 6.53. The molecule has 0 spiro atoms. The molecule has 2 rings (SSSR count). The molecule has 25 heavy (non-hydrogen) atoms. The van der Waals surface area contributed by atoms with Crippen LogP contribution in [-0.2, 0) is 4.74 Å². The molecule has 0 aromatic heterocycles. The first-order valence-electron chi connectivity index (χ1n) is 8.23. The molecule has 0 radical (unpaired) electrons. The van der Waals surface area contributed by atoms with Crippen molar-refractivity contribution in [2.45, 2.75) is 26.8 Å². The van der Waals surface area contributed by atoms with Gasteiger partial charge in [0.1, 0.15) is 0 Å². The number of benzene rings is 2. The molecule has 0 bridgehead atoms. The highest BCUT2D eigenvalue weighted by Crippen LogP contribution is 2.24. The summed E-state index contributed by atoms with van der Waals surface area (Å²) in [7, 11) is 1.37. The summed E-state index contributed by atoms with van der Waals surface area (Å²) < 4.78 is 4.75. The molecule has 0 aliphatic heterocycles. The standard InChI is InChI=1S/C20H24N2O2S/c1-13(2)18(17-11-6-5-8-14(17)3)22-20(25)21-16-10-7-9-15(12-16)19(23)24-4/h5-13,18H,1-4H3,(H2,21,22,25). The topological polar surface area (TPSA) is 50.4 Å². The van der Waals surface area contributed by atoms with Crippen LogP contribution in [0.3, 0.4) is 0 Å². The average molecular weight is 356 g/mol. The van der Waals surface area contributed by atoms with Crippen molar-refractivity contribution >= 4 is 29.0 Å². The zero-order chi connectivity index (χ0) is 18.4. The Bertz CT molecular complexity index is 759. The van der Waals surface area contributed by atoms with E-state index in [1.807, 2.05) is 18.2 Å². The monoisotopic (exact) mass is 356 g/mol. The van der Waals surface area contributed by atoms with Gasteiger partial charge in [-0.15, -0.1) is 0 Å². The van der Waals surface area contributed by atoms with Gasteiger partial charge >= 0.3 is 5.97 Å². The minimum absolute atomic E-state index is 0.102. The van der Waals surface area contributed by atoms with Gasteiger partial charge in [0.2, 0.25) is 0 Å². The maximum Gasteiger partial charge on any atom is 0.337 e. The number of esters is 1. The molecule has 0 aliphatic rings. The van der Waals surface area contributed by atoms with E-state index in [0.29, 0.717) is 16.6 Å². The highest BCUT2D eigenvalue weighted by Gasteiger charge is 2.18. The molecule has 132 valence electrons. The molecule has 0 aliphatic carbocycles. The third kappa shape index (κ3) is 5.03. The van der Waals surface area contributed by atoms with Crippen molar-refractivity contribution in [3.63, 3.8) is 0 Å². The zero-order valence-electron chi connectivity index (χ0n) is 15.0. The molecule has 0 amide bonds. The van der Waals surface area contributed by atoms with Crippen molar-refractivity contribution in [3.8, 4) is 0 Å². The summed E-state index contributed by atoms with van der Waals surface area (Å²) in [5.74, 6) is -0.00949. The Hall–Kier alpha value is -2.40. The third-order valence-corrected chi connectivity index (χ3v) is 4.24. The fourth-order valence-electron chi connectivity index (χ4n) is 2.69. The number of carbonyl (C=O) groups excluding carboxylic acids is 1. The van der Waals surface area contributed by atoms with Crippen LogP contribution >= 0.6 is 12.2 Å². The predicted molar refractivity (Wildman–Crippen MR) is 106 cm³/mol. The number of methoxy groups -OCH3 is 1. The molecule has 2 aromatic carbocycles. The lowest BCUT2D eigenvalue weighted by molar-refractivity contribution is 0.0601. The van der Waals surface area contributed by atoms with E-state index in [-0.39, 0.29) is 12.0 Å². The Morgan fingerprint density at radius 3 is 2.48 bits per heavy atom. The van der Waals surface area contributed by atoms with E-state index in [1.165, 1.54) is 18.2 Å². The first-order valence-corrected chi connectivity index (χ1v) is 8.64. The molecule has 5 heteroatoms. The average Bonchev–Trinajstić information content (AvgIpc) is 2.59. The SMILES string of the molecule is COC(=O)c1cccc(NC(=S)NC(c2ccccc2C)C(C)C)c1. The summed E-state index contributed by atoms with van der Waals surface area (Å²) in [4.78, 5) is 11.6. The van der Waals surface area contributed by atoms with E-state index in [0.717, 1.165) is 5.69 Å². The second-order valence-electron chi connectivity index (χ2n) is 6.25. The first kappa shape index (κ1) is 18.9. The van der Waals surface area contributed by atoms with Crippen molar-refractivity contribution in [1.29, 1.82) is 0 Å². The van der Waals surface area contributed by atoms with Crippen LogP contribution in [0.5, 0.6) is 0 Å². The summed E-state index contributed by atoms with van der Waals surface area (Å²) in [6, 6.07) is 15.5. The van der Waals surface area contributed by atoms with Crippen LogP contribution in [0.1, 0.15) is 41.4 Å². The lowest BCUT2D eigenvalue weighted by Gasteiger charge is -2.26. The van der Waals surface area contributed by atoms with E-state index in [2.05, 4.69) is 43.5 Å². The summed E-state index contributed by atoms with van der Waals surface area (Å²) in [6.07, 6.45) is 0. The van der Waals surface area contributed by atoms with Crippen molar-refractivity contribution in [3.05, 3.63) is 65.2 Å². The van der Waals surface area contributed by atoms with Gasteiger partial charge in [0, 0.05) is 5.69 Å². The third-order valence-electron chi connectivity index (χ3n) is 4.02. The van der Waals surface area contributed by atoms with Crippen LogP contribution < -0.4 is 10.6 Å². The second kappa shape index (κ2) is 8.62. The molecular weight excluding hydrogens is 332 g/mol. The fourth-order valence-corrected chi connectivity index (χ4v) is 2.93. The number of thiocarbonyl (C=S) groups is 1. The molecule has 0 saturated heterocycles. The van der Waals surface area contributed by atoms with E-state index in [4.69, 9.17) is 17.0 Å². The predicted octanol–water partition coefficient (Wildman–Crippen LogP) is 4.47. The molecule has 1 atom stereocenters. The van der Waals surface area contributed by atoms with Gasteiger partial charge in [-0.2, -0.15) is 0 Å². The summed E-state index contributed by atoms with van der Waals surface area (Å²) in [6.45, 7) is 6.41. The largest absolute Gasteiger partial charge is 0.465 e. The highest BCUT2D eigenvalue weighted by molar-refractivity contribution is 7.80. The minimum Gasteiger partial charge on any atom is -0.465 e. The number of anilines is 1. The zero-order valence-corrected chi connectivity index (χ0v) is 15.8. The maximum absolute atomic E-state index is 11.6. The molecule has 2 N–H and O–H groups in total. The quantitative estimate of drug-likeness (QED) is 0.612. The number of rotatable bonds is 5. The Morgan fingerprint density at radius 1 is 1.12 bits per heavy atom. The smallest absolute Gasteiger partial charge is 0.337 e. The van der Waals surface area contributed by atoms with Gasteiger partial charge in [0.05, 0.1) is 18.7 Å². The van der Waals surface area contributed by atoms with Gasteiger partial charge in [-0.05, 0) is 54.4 Å². The minimum atomic E-state index is -0.373. The van der Waals surface area contributed by atoms with Gasteiger partial charge in [0.15, 0.2) is 5.11 Å². The van der Waals surface area contributed by atoms with Gasteiger partial charge in [0.25, 0.3) is 0 Å². The van der Waals surface area contributed by atoms with Gasteiger partial charge in [-0.25, -0.2) is 4.79 Å². The number of aryl methyl sites for hydroxylation is 1. The molecule has 1 unspecified atom stereocenters. The summed E-state index contributed by atoms with van der Waals surface area (Å²) in [5.41, 5.74) is 3.68. The van der Waals surface area contributed by atoms with Crippen LogP contribution in [0.4, 0.5) is 5.69 Å². The Balaban J connectivity index is 2.12. The lowest BCUT2D eigenvalue weighted by atomic mass is 9.93. The summed E-state index contributed by atoms with van der Waals surface area (Å²) >= 11 is 5.47. The molecular formula is C20H24N2O2S. The van der Waals surface area contributed by atoms with Crippen LogP contribution in [0.25, 0.3) is 0 Å². The summed E-state index contributed by atoms with van der Waals surface area (Å²) in [5, 5.41) is 7.05. The number of hydrogen-bond donors (Lipinski definition) is 2. The van der Waals surface area contributed by atoms with Gasteiger partial charge in [-0.1, -0.05) is 44.2 Å². The normalized spacial score (nSPS) is 11.7. The second-order valence-corrected chi connectivity index (χ2v) is 6.66. The maximum atomic E-state index is 11.6. The van der Waals surface area contributed by atoms with E-state index < -0.39 is 0 Å². The molecule has 4 nitrogen and oxygen atoms in total. The molecule has 2 aromatic rings. The van der Waals surface area contributed by atoms with Crippen molar-refractivity contribution < 1.29 is 9.53 Å². The fraction of sp³-hybridized carbons (Fsp3) is 0.300. The number of hydrogen-bond acceptors (Lipinski definition) is 3. The number of nitrogens with one attached hydrogen (secondary N) is 2. The Morgan fingerprint density at radius 2 is 1.84 bits per heavy atom. The lowest BCUT2D eigenvalue weighted by Crippen LogP contribution is -2.35. The van der Waals surface area contributed by atoms with Crippen LogP contribution in [0.2, 0.25) is 0 Å². The first-order chi connectivity index (χ1) is 11.9. The Labute approximate surface area is 154 Å². The highest BCUT2D eigenvalue weighted by atomic mass is 32.1. The van der Waals surface area contributed by atoms with Crippen LogP contribution in [0.15, 0.2) is 48.5 Å².